The maximum absolute atomic E-state index is 12.4. The molecule has 3 aromatic carbocycles. The molecule has 0 aromatic heterocycles. The Balaban J connectivity index is 1.62. The third-order valence-corrected chi connectivity index (χ3v) is 4.72. The molecule has 0 saturated heterocycles. The van der Waals surface area contributed by atoms with Crippen molar-refractivity contribution in [3.05, 3.63) is 99.1 Å². The molecule has 0 saturated carbocycles. The number of nitrogens with zero attached hydrogens (tertiary/aromatic N) is 1. The number of halogens is 1. The Kier molecular flexibility index (Phi) is 6.65. The number of rotatable bonds is 7. The highest BCUT2D eigenvalue weighted by atomic mass is 35.5. The standard InChI is InChI=1S/C20H15ClN2O4S/c21-19-12-16(23(25)26)9-10-18(19)20(24)22-15-7-4-8-17(11-15)28-27-13-14-5-2-1-3-6-14/h1-12H,13H2,(H,22,24). The fraction of sp³-hybridized carbons (Fsp3) is 0.0500. The van der Waals surface area contributed by atoms with Crippen LogP contribution in [0.3, 0.4) is 0 Å². The second-order valence-electron chi connectivity index (χ2n) is 5.73. The van der Waals surface area contributed by atoms with Crippen LogP contribution in [0.5, 0.6) is 0 Å². The first kappa shape index (κ1) is 19.9. The molecule has 0 aliphatic rings. The number of anilines is 1. The number of nitrogens with one attached hydrogen (secondary N) is 1. The van der Waals surface area contributed by atoms with Crippen molar-refractivity contribution < 1.29 is 13.9 Å². The minimum atomic E-state index is -0.566. The second kappa shape index (κ2) is 9.36. The molecule has 0 radical (unpaired) electrons. The maximum Gasteiger partial charge on any atom is 0.270 e. The predicted octanol–water partition coefficient (Wildman–Crippen LogP) is 5.72. The van der Waals surface area contributed by atoms with Crippen molar-refractivity contribution >= 4 is 40.9 Å². The highest BCUT2D eigenvalue weighted by Gasteiger charge is 2.15. The summed E-state index contributed by atoms with van der Waals surface area (Å²) in [5.74, 6) is -0.452. The average molecular weight is 415 g/mol. The van der Waals surface area contributed by atoms with Crippen LogP contribution in [-0.4, -0.2) is 10.8 Å². The normalized spacial score (nSPS) is 10.5. The number of amides is 1. The van der Waals surface area contributed by atoms with E-state index in [4.69, 9.17) is 15.8 Å². The molecular weight excluding hydrogens is 400 g/mol. The number of carbonyl (C=O) groups is 1. The molecule has 0 bridgehead atoms. The third kappa shape index (κ3) is 5.32. The van der Waals surface area contributed by atoms with Gasteiger partial charge in [0.25, 0.3) is 11.6 Å². The first-order valence-corrected chi connectivity index (χ1v) is 9.33. The molecule has 0 atom stereocenters. The van der Waals surface area contributed by atoms with E-state index in [1.54, 1.807) is 18.2 Å². The van der Waals surface area contributed by atoms with Crippen LogP contribution in [0.15, 0.2) is 77.7 Å². The second-order valence-corrected chi connectivity index (χ2v) is 7.02. The topological polar surface area (TPSA) is 81.5 Å². The Bertz CT molecular complexity index is 999. The minimum Gasteiger partial charge on any atom is -0.322 e. The van der Waals surface area contributed by atoms with Gasteiger partial charge in [0, 0.05) is 34.8 Å². The zero-order valence-corrected chi connectivity index (χ0v) is 16.1. The quantitative estimate of drug-likeness (QED) is 0.303. The highest BCUT2D eigenvalue weighted by Crippen LogP contribution is 2.26. The number of hydrogen-bond donors (Lipinski definition) is 1. The number of hydrogen-bond acceptors (Lipinski definition) is 5. The summed E-state index contributed by atoms with van der Waals surface area (Å²) in [4.78, 5) is 23.5. The Morgan fingerprint density at radius 1 is 1.07 bits per heavy atom. The summed E-state index contributed by atoms with van der Waals surface area (Å²) in [7, 11) is 0. The Labute approximate surface area is 170 Å². The summed E-state index contributed by atoms with van der Waals surface area (Å²) in [5, 5.41) is 13.5. The van der Waals surface area contributed by atoms with Gasteiger partial charge in [-0.25, -0.2) is 0 Å². The number of nitro groups is 1. The molecule has 1 N–H and O–H groups in total. The van der Waals surface area contributed by atoms with Gasteiger partial charge in [-0.2, -0.15) is 0 Å². The molecule has 0 fully saturated rings. The van der Waals surface area contributed by atoms with Gasteiger partial charge in [0.15, 0.2) is 0 Å². The molecule has 3 aromatic rings. The molecule has 0 aliphatic carbocycles. The van der Waals surface area contributed by atoms with Gasteiger partial charge in [0.2, 0.25) is 0 Å². The summed E-state index contributed by atoms with van der Waals surface area (Å²) in [6.07, 6.45) is 0. The van der Waals surface area contributed by atoms with Gasteiger partial charge in [-0.3, -0.25) is 14.9 Å². The van der Waals surface area contributed by atoms with E-state index in [0.29, 0.717) is 12.3 Å². The predicted molar refractivity (Wildman–Crippen MR) is 110 cm³/mol. The number of non-ortho nitro benzene ring substituents is 1. The zero-order chi connectivity index (χ0) is 19.9. The van der Waals surface area contributed by atoms with E-state index >= 15 is 0 Å². The van der Waals surface area contributed by atoms with E-state index in [2.05, 4.69) is 5.32 Å². The van der Waals surface area contributed by atoms with Gasteiger partial charge in [-0.1, -0.05) is 48.0 Å². The molecule has 8 heteroatoms. The van der Waals surface area contributed by atoms with Crippen molar-refractivity contribution in [2.24, 2.45) is 0 Å². The van der Waals surface area contributed by atoms with E-state index in [-0.39, 0.29) is 16.3 Å². The Morgan fingerprint density at radius 3 is 2.57 bits per heavy atom. The van der Waals surface area contributed by atoms with Gasteiger partial charge in [0.1, 0.15) is 0 Å². The molecule has 0 aliphatic heterocycles. The van der Waals surface area contributed by atoms with Crippen molar-refractivity contribution in [3.8, 4) is 0 Å². The number of nitro benzene ring substituents is 1. The average Bonchev–Trinajstić information content (AvgIpc) is 2.69. The first-order chi connectivity index (χ1) is 13.5. The Morgan fingerprint density at radius 2 is 1.86 bits per heavy atom. The lowest BCUT2D eigenvalue weighted by atomic mass is 10.2. The van der Waals surface area contributed by atoms with Crippen LogP contribution in [0.4, 0.5) is 11.4 Å². The summed E-state index contributed by atoms with van der Waals surface area (Å²) in [6.45, 7) is 0.459. The van der Waals surface area contributed by atoms with Crippen LogP contribution in [0, 0.1) is 10.1 Å². The van der Waals surface area contributed by atoms with E-state index in [9.17, 15) is 14.9 Å². The van der Waals surface area contributed by atoms with Gasteiger partial charge in [-0.15, -0.1) is 0 Å². The van der Waals surface area contributed by atoms with Crippen molar-refractivity contribution in [3.63, 3.8) is 0 Å². The summed E-state index contributed by atoms with van der Waals surface area (Å²) < 4.78 is 5.62. The van der Waals surface area contributed by atoms with Crippen molar-refractivity contribution in [1.82, 2.24) is 0 Å². The molecule has 0 unspecified atom stereocenters. The van der Waals surface area contributed by atoms with Gasteiger partial charge in [0.05, 0.1) is 22.1 Å². The highest BCUT2D eigenvalue weighted by molar-refractivity contribution is 7.94. The molecule has 3 rings (SSSR count). The molecule has 28 heavy (non-hydrogen) atoms. The number of benzene rings is 3. The summed E-state index contributed by atoms with van der Waals surface area (Å²) in [6, 6.07) is 20.7. The molecule has 0 heterocycles. The largest absolute Gasteiger partial charge is 0.322 e. The van der Waals surface area contributed by atoms with Gasteiger partial charge >= 0.3 is 0 Å². The van der Waals surface area contributed by atoms with Crippen LogP contribution < -0.4 is 5.32 Å². The van der Waals surface area contributed by atoms with Gasteiger partial charge < -0.3 is 9.50 Å². The number of carbonyl (C=O) groups excluding carboxylic acids is 1. The van der Waals surface area contributed by atoms with E-state index in [1.807, 2.05) is 36.4 Å². The lowest BCUT2D eigenvalue weighted by molar-refractivity contribution is -0.384. The van der Waals surface area contributed by atoms with E-state index in [1.165, 1.54) is 24.2 Å². The van der Waals surface area contributed by atoms with Crippen LogP contribution >= 0.6 is 23.6 Å². The monoisotopic (exact) mass is 414 g/mol. The fourth-order valence-corrected chi connectivity index (χ4v) is 3.27. The zero-order valence-electron chi connectivity index (χ0n) is 14.5. The van der Waals surface area contributed by atoms with Crippen molar-refractivity contribution in [1.29, 1.82) is 0 Å². The van der Waals surface area contributed by atoms with E-state index in [0.717, 1.165) is 16.5 Å². The molecule has 142 valence electrons. The van der Waals surface area contributed by atoms with Crippen molar-refractivity contribution in [2.75, 3.05) is 5.32 Å². The molecule has 0 spiro atoms. The smallest absolute Gasteiger partial charge is 0.270 e. The molecular formula is C20H15ClN2O4S. The SMILES string of the molecule is O=C(Nc1cccc(SOCc2ccccc2)c1)c1ccc([N+](=O)[O-])cc1Cl. The fourth-order valence-electron chi connectivity index (χ4n) is 2.37. The molecule has 1 amide bonds. The Hall–Kier alpha value is -2.87. The summed E-state index contributed by atoms with van der Waals surface area (Å²) >= 11 is 7.21. The summed E-state index contributed by atoms with van der Waals surface area (Å²) in [5.41, 5.74) is 1.61. The maximum atomic E-state index is 12.4. The first-order valence-electron chi connectivity index (χ1n) is 8.21. The van der Waals surface area contributed by atoms with E-state index < -0.39 is 10.8 Å². The third-order valence-electron chi connectivity index (χ3n) is 3.72. The lowest BCUT2D eigenvalue weighted by Gasteiger charge is -2.08. The van der Waals surface area contributed by atoms with Crippen LogP contribution in [0.1, 0.15) is 15.9 Å². The lowest BCUT2D eigenvalue weighted by Crippen LogP contribution is -2.12. The van der Waals surface area contributed by atoms with Crippen LogP contribution in [-0.2, 0) is 10.8 Å². The minimum absolute atomic E-state index is 0.0171. The van der Waals surface area contributed by atoms with Crippen molar-refractivity contribution in [2.45, 2.75) is 11.5 Å². The van der Waals surface area contributed by atoms with Crippen LogP contribution in [0.25, 0.3) is 0 Å². The van der Waals surface area contributed by atoms with Gasteiger partial charge in [-0.05, 0) is 29.8 Å². The molecule has 6 nitrogen and oxygen atoms in total. The van der Waals surface area contributed by atoms with Crippen LogP contribution in [0.2, 0.25) is 5.02 Å².